The summed E-state index contributed by atoms with van der Waals surface area (Å²) in [7, 11) is 0. The number of benzene rings is 3. The summed E-state index contributed by atoms with van der Waals surface area (Å²) in [5.41, 5.74) is 4.28. The molecule has 4 aromatic rings. The van der Waals surface area contributed by atoms with E-state index in [-0.39, 0.29) is 11.0 Å². The Morgan fingerprint density at radius 3 is 2.44 bits per heavy atom. The normalized spacial score (nSPS) is 11.3. The summed E-state index contributed by atoms with van der Waals surface area (Å²) in [6, 6.07) is 21.2. The molecule has 3 aromatic carbocycles. The molecule has 0 saturated heterocycles. The zero-order valence-corrected chi connectivity index (χ0v) is 20.4. The zero-order chi connectivity index (χ0) is 22.7. The SMILES string of the molecule is CCc1ccc(NC(=S)N=Nc2c(O)n(Cc3ccc(Cl)cc3)c3ccc(Br)cc23)cc1. The molecule has 0 spiro atoms. The summed E-state index contributed by atoms with van der Waals surface area (Å²) in [6.45, 7) is 2.57. The van der Waals surface area contributed by atoms with Crippen molar-refractivity contribution in [1.29, 1.82) is 0 Å². The number of hydrogen-bond acceptors (Lipinski definition) is 3. The third-order valence-corrected chi connectivity index (χ3v) is 6.01. The highest BCUT2D eigenvalue weighted by Gasteiger charge is 2.17. The molecule has 0 unspecified atom stereocenters. The smallest absolute Gasteiger partial charge is 0.221 e. The largest absolute Gasteiger partial charge is 0.493 e. The summed E-state index contributed by atoms with van der Waals surface area (Å²) in [4.78, 5) is 0. The second-order valence-corrected chi connectivity index (χ2v) is 8.97. The number of aromatic hydroxyl groups is 1. The molecular formula is C24H20BrClN4OS. The number of rotatable bonds is 5. The minimum absolute atomic E-state index is 0.0203. The molecule has 162 valence electrons. The van der Waals surface area contributed by atoms with Crippen LogP contribution in [0.25, 0.3) is 10.9 Å². The van der Waals surface area contributed by atoms with Gasteiger partial charge in [-0.05, 0) is 72.2 Å². The second-order valence-electron chi connectivity index (χ2n) is 7.23. The number of hydrogen-bond donors (Lipinski definition) is 2. The molecule has 0 radical (unpaired) electrons. The molecule has 0 amide bonds. The molecule has 8 heteroatoms. The highest BCUT2D eigenvalue weighted by atomic mass is 79.9. The fraction of sp³-hybridized carbons (Fsp3) is 0.125. The standard InChI is InChI=1S/C24H20BrClN4OS/c1-2-15-5-10-19(11-6-15)27-24(32)29-28-22-20-13-17(25)7-12-21(20)30(23(22)31)14-16-3-8-18(26)9-4-16/h3-13,31H,2,14H2,1H3,(H,27,32). The van der Waals surface area contributed by atoms with Gasteiger partial charge in [0.25, 0.3) is 0 Å². The topological polar surface area (TPSA) is 61.9 Å². The van der Waals surface area contributed by atoms with Crippen LogP contribution in [-0.2, 0) is 13.0 Å². The molecule has 1 heterocycles. The van der Waals surface area contributed by atoms with Gasteiger partial charge in [0.15, 0.2) is 5.69 Å². The van der Waals surface area contributed by atoms with E-state index in [0.717, 1.165) is 33.0 Å². The van der Waals surface area contributed by atoms with Gasteiger partial charge in [0, 0.05) is 20.6 Å². The van der Waals surface area contributed by atoms with Crippen molar-refractivity contribution in [2.45, 2.75) is 19.9 Å². The molecule has 4 rings (SSSR count). The molecule has 32 heavy (non-hydrogen) atoms. The number of anilines is 1. The molecule has 0 atom stereocenters. The third kappa shape index (κ3) is 5.01. The number of nitrogens with zero attached hydrogens (tertiary/aromatic N) is 3. The Morgan fingerprint density at radius 1 is 1.06 bits per heavy atom. The maximum absolute atomic E-state index is 11.0. The average Bonchev–Trinajstić information content (AvgIpc) is 3.04. The number of halogens is 2. The van der Waals surface area contributed by atoms with Crippen LogP contribution in [0.4, 0.5) is 11.4 Å². The van der Waals surface area contributed by atoms with Gasteiger partial charge >= 0.3 is 0 Å². The number of thiocarbonyl (C=S) groups is 1. The van der Waals surface area contributed by atoms with Crippen molar-refractivity contribution in [3.05, 3.63) is 87.4 Å². The lowest BCUT2D eigenvalue weighted by Gasteiger charge is -2.07. The first-order chi connectivity index (χ1) is 15.4. The molecule has 0 aliphatic carbocycles. The summed E-state index contributed by atoms with van der Waals surface area (Å²) < 4.78 is 2.67. The van der Waals surface area contributed by atoms with Gasteiger partial charge in [-0.15, -0.1) is 10.2 Å². The molecular weight excluding hydrogens is 508 g/mol. The number of azo groups is 1. The van der Waals surface area contributed by atoms with Gasteiger partial charge in [0.1, 0.15) is 0 Å². The van der Waals surface area contributed by atoms with E-state index in [9.17, 15) is 5.11 Å². The first-order valence-electron chi connectivity index (χ1n) is 10.0. The summed E-state index contributed by atoms with van der Waals surface area (Å²) in [6.07, 6.45) is 0.972. The van der Waals surface area contributed by atoms with E-state index in [4.69, 9.17) is 23.8 Å². The van der Waals surface area contributed by atoms with Crippen LogP contribution in [-0.4, -0.2) is 14.8 Å². The van der Waals surface area contributed by atoms with Crippen molar-refractivity contribution >= 4 is 67.1 Å². The van der Waals surface area contributed by atoms with Gasteiger partial charge in [0.2, 0.25) is 11.0 Å². The van der Waals surface area contributed by atoms with Crippen LogP contribution in [0.15, 0.2) is 81.4 Å². The number of nitrogens with one attached hydrogen (secondary N) is 1. The molecule has 0 aliphatic heterocycles. The molecule has 0 bridgehead atoms. The van der Waals surface area contributed by atoms with Crippen LogP contribution in [0.5, 0.6) is 5.88 Å². The van der Waals surface area contributed by atoms with Crippen LogP contribution >= 0.6 is 39.7 Å². The number of fused-ring (bicyclic) bond motifs is 1. The van der Waals surface area contributed by atoms with E-state index in [0.29, 0.717) is 17.3 Å². The van der Waals surface area contributed by atoms with Crippen LogP contribution in [0.2, 0.25) is 5.02 Å². The third-order valence-electron chi connectivity index (χ3n) is 5.08. The highest BCUT2D eigenvalue weighted by Crippen LogP contribution is 2.40. The Bertz CT molecular complexity index is 1300. The highest BCUT2D eigenvalue weighted by molar-refractivity contribution is 9.10. The van der Waals surface area contributed by atoms with Crippen LogP contribution in [0, 0.1) is 0 Å². The lowest BCUT2D eigenvalue weighted by atomic mass is 10.1. The second kappa shape index (κ2) is 9.81. The van der Waals surface area contributed by atoms with Gasteiger partial charge in [-0.3, -0.25) is 0 Å². The zero-order valence-electron chi connectivity index (χ0n) is 17.2. The predicted molar refractivity (Wildman–Crippen MR) is 138 cm³/mol. The minimum atomic E-state index is 0.0203. The van der Waals surface area contributed by atoms with Crippen molar-refractivity contribution in [1.82, 2.24) is 4.57 Å². The van der Waals surface area contributed by atoms with Crippen molar-refractivity contribution in [2.75, 3.05) is 5.32 Å². The first-order valence-corrected chi connectivity index (χ1v) is 11.6. The van der Waals surface area contributed by atoms with E-state index >= 15 is 0 Å². The first kappa shape index (κ1) is 22.5. The van der Waals surface area contributed by atoms with Crippen molar-refractivity contribution in [2.24, 2.45) is 10.2 Å². The van der Waals surface area contributed by atoms with E-state index in [2.05, 4.69) is 38.4 Å². The lowest BCUT2D eigenvalue weighted by molar-refractivity contribution is 0.429. The van der Waals surface area contributed by atoms with Gasteiger partial charge in [-0.1, -0.05) is 58.7 Å². The molecule has 2 N–H and O–H groups in total. The molecule has 1 aromatic heterocycles. The summed E-state index contributed by atoms with van der Waals surface area (Å²) >= 11 is 14.8. The van der Waals surface area contributed by atoms with E-state index in [1.165, 1.54) is 5.56 Å². The lowest BCUT2D eigenvalue weighted by Crippen LogP contribution is -2.04. The Morgan fingerprint density at radius 2 is 1.75 bits per heavy atom. The minimum Gasteiger partial charge on any atom is -0.493 e. The van der Waals surface area contributed by atoms with E-state index in [1.54, 1.807) is 4.57 Å². The van der Waals surface area contributed by atoms with Crippen LogP contribution in [0.3, 0.4) is 0 Å². The predicted octanol–water partition coefficient (Wildman–Crippen LogP) is 7.85. The number of aryl methyl sites for hydroxylation is 1. The van der Waals surface area contributed by atoms with Gasteiger partial charge in [-0.25, -0.2) is 0 Å². The summed E-state index contributed by atoms with van der Waals surface area (Å²) in [5.74, 6) is 0.0203. The van der Waals surface area contributed by atoms with Crippen molar-refractivity contribution < 1.29 is 5.11 Å². The Hall–Kier alpha value is -2.74. The van der Waals surface area contributed by atoms with Crippen molar-refractivity contribution in [3.8, 4) is 5.88 Å². The monoisotopic (exact) mass is 526 g/mol. The van der Waals surface area contributed by atoms with Crippen molar-refractivity contribution in [3.63, 3.8) is 0 Å². The Balaban J connectivity index is 1.63. The van der Waals surface area contributed by atoms with E-state index < -0.39 is 0 Å². The fourth-order valence-corrected chi connectivity index (χ4v) is 4.04. The molecule has 0 saturated carbocycles. The quantitative estimate of drug-likeness (QED) is 0.205. The van der Waals surface area contributed by atoms with Gasteiger partial charge in [0.05, 0.1) is 12.1 Å². The van der Waals surface area contributed by atoms with Gasteiger partial charge in [-0.2, -0.15) is 0 Å². The Kier molecular flexibility index (Phi) is 6.89. The fourth-order valence-electron chi connectivity index (χ4n) is 3.39. The average molecular weight is 528 g/mol. The molecule has 0 fully saturated rings. The molecule has 5 nitrogen and oxygen atoms in total. The van der Waals surface area contributed by atoms with Crippen LogP contribution in [0.1, 0.15) is 18.1 Å². The maximum Gasteiger partial charge on any atom is 0.221 e. The Labute approximate surface area is 204 Å². The summed E-state index contributed by atoms with van der Waals surface area (Å²) in [5, 5.41) is 24.1. The molecule has 0 aliphatic rings. The maximum atomic E-state index is 11.0. The number of aromatic nitrogens is 1. The van der Waals surface area contributed by atoms with E-state index in [1.807, 2.05) is 66.7 Å². The van der Waals surface area contributed by atoms with Gasteiger partial charge < -0.3 is 15.0 Å². The van der Waals surface area contributed by atoms with Crippen LogP contribution < -0.4 is 5.32 Å².